The van der Waals surface area contributed by atoms with Crippen molar-refractivity contribution >= 4 is 28.9 Å². The molecule has 130 valence electrons. The fraction of sp³-hybridized carbons (Fsp3) is 0.611. The van der Waals surface area contributed by atoms with Crippen LogP contribution in [0.15, 0.2) is 17.5 Å². The van der Waals surface area contributed by atoms with E-state index in [4.69, 9.17) is 0 Å². The molecule has 24 heavy (non-hydrogen) atoms. The number of rotatable bonds is 8. The highest BCUT2D eigenvalue weighted by molar-refractivity contribution is 7.12. The molecule has 2 saturated carbocycles. The van der Waals surface area contributed by atoms with Gasteiger partial charge in [0.2, 0.25) is 11.8 Å². The van der Waals surface area contributed by atoms with Gasteiger partial charge in [-0.1, -0.05) is 18.9 Å². The number of hydrogen-bond acceptors (Lipinski definition) is 4. The first-order chi connectivity index (χ1) is 11.6. The van der Waals surface area contributed by atoms with Crippen LogP contribution in [0.1, 0.15) is 61.0 Å². The predicted molar refractivity (Wildman–Crippen MR) is 93.0 cm³/mol. The second-order valence-electron chi connectivity index (χ2n) is 6.89. The molecular weight excluding hydrogens is 324 g/mol. The van der Waals surface area contributed by atoms with Crippen molar-refractivity contribution in [3.05, 3.63) is 22.4 Å². The monoisotopic (exact) mass is 348 g/mol. The van der Waals surface area contributed by atoms with Gasteiger partial charge >= 0.3 is 0 Å². The molecule has 6 heteroatoms. The van der Waals surface area contributed by atoms with E-state index in [1.807, 2.05) is 11.4 Å². The van der Waals surface area contributed by atoms with Crippen LogP contribution in [-0.2, 0) is 9.59 Å². The first-order valence-corrected chi connectivity index (χ1v) is 9.63. The maximum Gasteiger partial charge on any atom is 0.245 e. The van der Waals surface area contributed by atoms with Crippen molar-refractivity contribution in [1.29, 1.82) is 0 Å². The van der Waals surface area contributed by atoms with Gasteiger partial charge in [0, 0.05) is 19.4 Å². The lowest BCUT2D eigenvalue weighted by Gasteiger charge is -2.29. The Hall–Kier alpha value is -1.69. The lowest BCUT2D eigenvalue weighted by atomic mass is 9.95. The Bertz CT molecular complexity index is 602. The van der Waals surface area contributed by atoms with Crippen molar-refractivity contribution < 1.29 is 14.4 Å². The second kappa shape index (κ2) is 7.47. The third-order valence-electron chi connectivity index (χ3n) is 4.89. The molecule has 2 amide bonds. The normalized spacial score (nSPS) is 19.0. The Kier molecular flexibility index (Phi) is 5.33. The smallest absolute Gasteiger partial charge is 0.245 e. The fourth-order valence-corrected chi connectivity index (χ4v) is 3.93. The molecule has 1 heterocycles. The van der Waals surface area contributed by atoms with E-state index in [1.54, 1.807) is 6.07 Å². The zero-order chi connectivity index (χ0) is 17.0. The van der Waals surface area contributed by atoms with Crippen LogP contribution in [0.25, 0.3) is 0 Å². The number of Topliss-reactive ketones (excluding diaryl/α,β-unsaturated/α-hetero) is 1. The first kappa shape index (κ1) is 17.1. The molecule has 0 spiro atoms. The molecule has 0 radical (unpaired) electrons. The highest BCUT2D eigenvalue weighted by Gasteiger charge is 2.42. The van der Waals surface area contributed by atoms with Crippen LogP contribution in [0.4, 0.5) is 0 Å². The molecule has 1 aromatic heterocycles. The van der Waals surface area contributed by atoms with Crippen LogP contribution in [0.2, 0.25) is 0 Å². The van der Waals surface area contributed by atoms with Gasteiger partial charge in [0.15, 0.2) is 5.78 Å². The molecule has 2 N–H and O–H groups in total. The predicted octanol–water partition coefficient (Wildman–Crippen LogP) is 2.67. The minimum Gasteiger partial charge on any atom is -0.354 e. The standard InChI is InChI=1S/C18H24N2O3S/c21-14(15-4-3-11-24-15)7-8-16(22)20-18(9-1-2-10-18)17(23)19-12-13-5-6-13/h3-4,11,13H,1-2,5-10,12H2,(H,19,23)(H,20,22). The van der Waals surface area contributed by atoms with Crippen molar-refractivity contribution in [2.75, 3.05) is 6.54 Å². The number of thiophene rings is 1. The van der Waals surface area contributed by atoms with Crippen molar-refractivity contribution in [3.8, 4) is 0 Å². The second-order valence-corrected chi connectivity index (χ2v) is 7.84. The number of carbonyl (C=O) groups is 3. The van der Waals surface area contributed by atoms with Crippen molar-refractivity contribution in [1.82, 2.24) is 10.6 Å². The average Bonchev–Trinajstić information content (AvgIpc) is 3.03. The van der Waals surface area contributed by atoms with E-state index < -0.39 is 5.54 Å². The Morgan fingerprint density at radius 1 is 1.17 bits per heavy atom. The van der Waals surface area contributed by atoms with E-state index in [9.17, 15) is 14.4 Å². The molecule has 0 aromatic carbocycles. The molecule has 0 bridgehead atoms. The highest BCUT2D eigenvalue weighted by atomic mass is 32.1. The van der Waals surface area contributed by atoms with Gasteiger partial charge in [-0.2, -0.15) is 0 Å². The summed E-state index contributed by atoms with van der Waals surface area (Å²) in [5.74, 6) is 0.346. The topological polar surface area (TPSA) is 75.3 Å². The lowest BCUT2D eigenvalue weighted by molar-refractivity contribution is -0.133. The summed E-state index contributed by atoms with van der Waals surface area (Å²) in [6, 6.07) is 3.60. The summed E-state index contributed by atoms with van der Waals surface area (Å²) in [5, 5.41) is 7.79. The summed E-state index contributed by atoms with van der Waals surface area (Å²) < 4.78 is 0. The molecule has 2 fully saturated rings. The SMILES string of the molecule is O=C(CCC(=O)c1cccs1)NC1(C(=O)NCC2CC2)CCCC1. The third kappa shape index (κ3) is 4.23. The van der Waals surface area contributed by atoms with Gasteiger partial charge in [-0.3, -0.25) is 14.4 Å². The molecule has 2 aliphatic carbocycles. The number of amides is 2. The summed E-state index contributed by atoms with van der Waals surface area (Å²) in [6.45, 7) is 0.716. The Balaban J connectivity index is 1.51. The van der Waals surface area contributed by atoms with Crippen molar-refractivity contribution in [2.24, 2.45) is 5.92 Å². The number of hydrogen-bond donors (Lipinski definition) is 2. The van der Waals surface area contributed by atoms with Gasteiger partial charge in [0.25, 0.3) is 0 Å². The zero-order valence-electron chi connectivity index (χ0n) is 13.8. The lowest BCUT2D eigenvalue weighted by Crippen LogP contribution is -2.57. The van der Waals surface area contributed by atoms with Gasteiger partial charge in [-0.05, 0) is 43.0 Å². The van der Waals surface area contributed by atoms with Gasteiger partial charge < -0.3 is 10.6 Å². The molecule has 1 aromatic rings. The Morgan fingerprint density at radius 3 is 2.54 bits per heavy atom. The quantitative estimate of drug-likeness (QED) is 0.709. The van der Waals surface area contributed by atoms with Gasteiger partial charge in [0.05, 0.1) is 4.88 Å². The minimum atomic E-state index is -0.766. The Morgan fingerprint density at radius 2 is 1.92 bits per heavy atom. The number of ketones is 1. The summed E-state index contributed by atoms with van der Waals surface area (Å²) >= 11 is 1.39. The summed E-state index contributed by atoms with van der Waals surface area (Å²) in [5.41, 5.74) is -0.766. The molecule has 3 rings (SSSR count). The van der Waals surface area contributed by atoms with E-state index in [-0.39, 0.29) is 30.4 Å². The molecule has 0 aliphatic heterocycles. The molecular formula is C18H24N2O3S. The van der Waals surface area contributed by atoms with Crippen LogP contribution in [0.5, 0.6) is 0 Å². The van der Waals surface area contributed by atoms with E-state index in [2.05, 4.69) is 10.6 Å². The van der Waals surface area contributed by atoms with Crippen molar-refractivity contribution in [2.45, 2.75) is 56.9 Å². The summed E-state index contributed by atoms with van der Waals surface area (Å²) in [6.07, 6.45) is 5.97. The van der Waals surface area contributed by atoms with Crippen LogP contribution < -0.4 is 10.6 Å². The van der Waals surface area contributed by atoms with E-state index in [0.29, 0.717) is 30.2 Å². The highest BCUT2D eigenvalue weighted by Crippen LogP contribution is 2.31. The minimum absolute atomic E-state index is 0.0150. The summed E-state index contributed by atoms with van der Waals surface area (Å²) in [7, 11) is 0. The van der Waals surface area contributed by atoms with Crippen LogP contribution >= 0.6 is 11.3 Å². The van der Waals surface area contributed by atoms with E-state index in [1.165, 1.54) is 24.2 Å². The van der Waals surface area contributed by atoms with Crippen molar-refractivity contribution in [3.63, 3.8) is 0 Å². The van der Waals surface area contributed by atoms with Gasteiger partial charge in [0.1, 0.15) is 5.54 Å². The average molecular weight is 348 g/mol. The van der Waals surface area contributed by atoms with E-state index >= 15 is 0 Å². The van der Waals surface area contributed by atoms with Gasteiger partial charge in [-0.25, -0.2) is 0 Å². The molecule has 0 atom stereocenters. The zero-order valence-corrected chi connectivity index (χ0v) is 14.6. The van der Waals surface area contributed by atoms with E-state index in [0.717, 1.165) is 12.8 Å². The summed E-state index contributed by atoms with van der Waals surface area (Å²) in [4.78, 5) is 37.5. The maximum atomic E-state index is 12.6. The van der Waals surface area contributed by atoms with Gasteiger partial charge in [-0.15, -0.1) is 11.3 Å². The molecule has 5 nitrogen and oxygen atoms in total. The number of nitrogens with one attached hydrogen (secondary N) is 2. The molecule has 0 unspecified atom stereocenters. The fourth-order valence-electron chi connectivity index (χ4n) is 3.23. The largest absolute Gasteiger partial charge is 0.354 e. The third-order valence-corrected chi connectivity index (χ3v) is 5.80. The molecule has 0 saturated heterocycles. The Labute approximate surface area is 146 Å². The molecule has 2 aliphatic rings. The van der Waals surface area contributed by atoms with Crippen LogP contribution in [0.3, 0.4) is 0 Å². The van der Waals surface area contributed by atoms with Crippen LogP contribution in [-0.4, -0.2) is 29.7 Å². The maximum absolute atomic E-state index is 12.6. The first-order valence-electron chi connectivity index (χ1n) is 8.75. The number of carbonyl (C=O) groups excluding carboxylic acids is 3. The van der Waals surface area contributed by atoms with Crippen LogP contribution in [0, 0.1) is 5.92 Å².